The Hall–Kier alpha value is -2.74. The van der Waals surface area contributed by atoms with Gasteiger partial charge in [-0.25, -0.2) is 4.98 Å². The second kappa shape index (κ2) is 3.93. The van der Waals surface area contributed by atoms with Crippen molar-refractivity contribution in [3.8, 4) is 17.3 Å². The molecule has 0 atom stereocenters. The highest BCUT2D eigenvalue weighted by molar-refractivity contribution is 5.66. The number of fused-ring (bicyclic) bond motifs is 1. The second-order valence-corrected chi connectivity index (χ2v) is 3.94. The Morgan fingerprint density at radius 2 is 2.11 bits per heavy atom. The number of aryl methyl sites for hydroxylation is 1. The standard InChI is InChI=1S/C13H9N5/c1-9-6-10(7-14)2-3-11(9)12-4-5-15-13-16-8-17-18(12)13/h2-6,8H,1H3. The first-order chi connectivity index (χ1) is 8.79. The SMILES string of the molecule is Cc1cc(C#N)ccc1-c1ccnc2ncnn12. The molecule has 0 aliphatic heterocycles. The summed E-state index contributed by atoms with van der Waals surface area (Å²) in [6.45, 7) is 1.97. The van der Waals surface area contributed by atoms with Crippen LogP contribution in [0.3, 0.4) is 0 Å². The molecule has 0 aliphatic carbocycles. The van der Waals surface area contributed by atoms with Crippen LogP contribution >= 0.6 is 0 Å². The minimum absolute atomic E-state index is 0.566. The lowest BCUT2D eigenvalue weighted by Gasteiger charge is -2.07. The Kier molecular flexibility index (Phi) is 2.27. The minimum atomic E-state index is 0.566. The fraction of sp³-hybridized carbons (Fsp3) is 0.0769. The molecule has 1 aromatic carbocycles. The Morgan fingerprint density at radius 1 is 1.22 bits per heavy atom. The topological polar surface area (TPSA) is 66.9 Å². The molecule has 0 spiro atoms. The molecule has 86 valence electrons. The van der Waals surface area contributed by atoms with E-state index in [-0.39, 0.29) is 0 Å². The van der Waals surface area contributed by atoms with Gasteiger partial charge in [0.25, 0.3) is 5.78 Å². The molecule has 0 saturated carbocycles. The van der Waals surface area contributed by atoms with E-state index in [0.29, 0.717) is 11.3 Å². The maximum absolute atomic E-state index is 8.87. The van der Waals surface area contributed by atoms with Gasteiger partial charge in [-0.2, -0.15) is 19.9 Å². The summed E-state index contributed by atoms with van der Waals surface area (Å²) in [7, 11) is 0. The molecule has 5 nitrogen and oxygen atoms in total. The van der Waals surface area contributed by atoms with Crippen molar-refractivity contribution in [2.45, 2.75) is 6.92 Å². The number of nitrogens with zero attached hydrogens (tertiary/aromatic N) is 5. The molecule has 2 heterocycles. The zero-order chi connectivity index (χ0) is 12.5. The first-order valence-electron chi connectivity index (χ1n) is 5.45. The van der Waals surface area contributed by atoms with E-state index >= 15 is 0 Å². The normalized spacial score (nSPS) is 10.4. The number of aromatic nitrogens is 4. The summed E-state index contributed by atoms with van der Waals surface area (Å²) in [4.78, 5) is 8.18. The highest BCUT2D eigenvalue weighted by Gasteiger charge is 2.08. The molecule has 3 aromatic rings. The highest BCUT2D eigenvalue weighted by Crippen LogP contribution is 2.23. The average molecular weight is 235 g/mol. The molecule has 0 aliphatic rings. The van der Waals surface area contributed by atoms with Crippen LogP contribution in [-0.4, -0.2) is 19.6 Å². The van der Waals surface area contributed by atoms with Gasteiger partial charge in [-0.05, 0) is 30.7 Å². The number of rotatable bonds is 1. The minimum Gasteiger partial charge on any atom is -0.220 e. The van der Waals surface area contributed by atoms with Crippen molar-refractivity contribution in [1.29, 1.82) is 5.26 Å². The summed E-state index contributed by atoms with van der Waals surface area (Å²) in [5, 5.41) is 13.0. The molecule has 18 heavy (non-hydrogen) atoms. The molecule has 3 rings (SSSR count). The molecule has 0 bridgehead atoms. The first kappa shape index (κ1) is 10.4. The van der Waals surface area contributed by atoms with Crippen LogP contribution in [0.25, 0.3) is 17.0 Å². The molecule has 0 amide bonds. The van der Waals surface area contributed by atoms with Gasteiger partial charge in [-0.15, -0.1) is 0 Å². The fourth-order valence-electron chi connectivity index (χ4n) is 1.96. The highest BCUT2D eigenvalue weighted by atomic mass is 15.3. The fourth-order valence-corrected chi connectivity index (χ4v) is 1.96. The number of benzene rings is 1. The lowest BCUT2D eigenvalue weighted by molar-refractivity contribution is 0.946. The molecular weight excluding hydrogens is 226 g/mol. The maximum atomic E-state index is 8.87. The van der Waals surface area contributed by atoms with Crippen LogP contribution in [0.5, 0.6) is 0 Å². The largest absolute Gasteiger partial charge is 0.252 e. The van der Waals surface area contributed by atoms with Gasteiger partial charge in [0.05, 0.1) is 17.3 Å². The van der Waals surface area contributed by atoms with E-state index in [4.69, 9.17) is 5.26 Å². The molecule has 5 heteroatoms. The van der Waals surface area contributed by atoms with Crippen molar-refractivity contribution in [3.05, 3.63) is 47.9 Å². The zero-order valence-electron chi connectivity index (χ0n) is 9.70. The van der Waals surface area contributed by atoms with Crippen LogP contribution in [0.2, 0.25) is 0 Å². The second-order valence-electron chi connectivity index (χ2n) is 3.94. The number of hydrogen-bond acceptors (Lipinski definition) is 4. The number of hydrogen-bond donors (Lipinski definition) is 0. The summed E-state index contributed by atoms with van der Waals surface area (Å²) in [5.74, 6) is 0.566. The van der Waals surface area contributed by atoms with Gasteiger partial charge in [-0.3, -0.25) is 0 Å². The quantitative estimate of drug-likeness (QED) is 0.646. The van der Waals surface area contributed by atoms with Crippen LogP contribution in [0.4, 0.5) is 0 Å². The van der Waals surface area contributed by atoms with Crippen molar-refractivity contribution in [3.63, 3.8) is 0 Å². The average Bonchev–Trinajstić information content (AvgIpc) is 2.87. The summed E-state index contributed by atoms with van der Waals surface area (Å²) < 4.78 is 1.69. The lowest BCUT2D eigenvalue weighted by atomic mass is 10.0. The molecule has 0 fully saturated rings. The van der Waals surface area contributed by atoms with Crippen molar-refractivity contribution < 1.29 is 0 Å². The summed E-state index contributed by atoms with van der Waals surface area (Å²) >= 11 is 0. The Morgan fingerprint density at radius 3 is 2.89 bits per heavy atom. The smallest absolute Gasteiger partial charge is 0.220 e. The predicted octanol–water partition coefficient (Wildman–Crippen LogP) is 1.97. The third-order valence-corrected chi connectivity index (χ3v) is 2.81. The van der Waals surface area contributed by atoms with Crippen molar-refractivity contribution in [2.24, 2.45) is 0 Å². The van der Waals surface area contributed by atoms with Crippen molar-refractivity contribution in [1.82, 2.24) is 19.6 Å². The van der Waals surface area contributed by atoms with Gasteiger partial charge in [0.1, 0.15) is 6.33 Å². The van der Waals surface area contributed by atoms with Crippen LogP contribution < -0.4 is 0 Å². The van der Waals surface area contributed by atoms with Crippen LogP contribution in [0.1, 0.15) is 11.1 Å². The van der Waals surface area contributed by atoms with Crippen LogP contribution in [0.15, 0.2) is 36.8 Å². The third-order valence-electron chi connectivity index (χ3n) is 2.81. The molecule has 0 saturated heterocycles. The van der Waals surface area contributed by atoms with Gasteiger partial charge < -0.3 is 0 Å². The van der Waals surface area contributed by atoms with Crippen molar-refractivity contribution in [2.75, 3.05) is 0 Å². The van der Waals surface area contributed by atoms with Crippen LogP contribution in [0, 0.1) is 18.3 Å². The maximum Gasteiger partial charge on any atom is 0.252 e. The monoisotopic (exact) mass is 235 g/mol. The predicted molar refractivity (Wildman–Crippen MR) is 65.7 cm³/mol. The number of nitriles is 1. The van der Waals surface area contributed by atoms with Gasteiger partial charge >= 0.3 is 0 Å². The third kappa shape index (κ3) is 1.52. The molecule has 0 N–H and O–H groups in total. The van der Waals surface area contributed by atoms with E-state index in [1.54, 1.807) is 16.8 Å². The van der Waals surface area contributed by atoms with E-state index in [1.807, 2.05) is 25.1 Å². The Bertz CT molecular complexity index is 766. The summed E-state index contributed by atoms with van der Waals surface area (Å²) in [6, 6.07) is 9.59. The van der Waals surface area contributed by atoms with E-state index in [1.165, 1.54) is 6.33 Å². The molecule has 2 aromatic heterocycles. The summed E-state index contributed by atoms with van der Waals surface area (Å²) in [6.07, 6.45) is 3.18. The Balaban J connectivity index is 2.27. The van der Waals surface area contributed by atoms with Crippen LogP contribution in [-0.2, 0) is 0 Å². The first-order valence-corrected chi connectivity index (χ1v) is 5.45. The van der Waals surface area contributed by atoms with Gasteiger partial charge in [0.15, 0.2) is 0 Å². The van der Waals surface area contributed by atoms with E-state index in [9.17, 15) is 0 Å². The Labute approximate surface area is 103 Å². The molecule has 0 radical (unpaired) electrons. The van der Waals surface area contributed by atoms with Gasteiger partial charge in [0.2, 0.25) is 0 Å². The zero-order valence-corrected chi connectivity index (χ0v) is 9.70. The van der Waals surface area contributed by atoms with E-state index in [2.05, 4.69) is 21.1 Å². The van der Waals surface area contributed by atoms with Gasteiger partial charge in [0, 0.05) is 11.8 Å². The molecule has 0 unspecified atom stereocenters. The van der Waals surface area contributed by atoms with Crippen molar-refractivity contribution >= 4 is 5.78 Å². The van der Waals surface area contributed by atoms with E-state index in [0.717, 1.165) is 16.8 Å². The molecular formula is C13H9N5. The summed E-state index contributed by atoms with van der Waals surface area (Å²) in [5.41, 5.74) is 3.61. The van der Waals surface area contributed by atoms with Gasteiger partial charge in [-0.1, -0.05) is 6.07 Å². The lowest BCUT2D eigenvalue weighted by Crippen LogP contribution is -1.97. The van der Waals surface area contributed by atoms with E-state index < -0.39 is 0 Å².